The van der Waals surface area contributed by atoms with Crippen LogP contribution in [0.3, 0.4) is 0 Å². The Labute approximate surface area is 179 Å². The van der Waals surface area contributed by atoms with E-state index < -0.39 is 28.0 Å². The van der Waals surface area contributed by atoms with Gasteiger partial charge in [0.25, 0.3) is 11.8 Å². The number of primary amides is 1. The molecule has 1 aromatic rings. The van der Waals surface area contributed by atoms with Crippen molar-refractivity contribution in [1.29, 1.82) is 0 Å². The monoisotopic (exact) mass is 451 g/mol. The van der Waals surface area contributed by atoms with Crippen molar-refractivity contribution in [3.8, 4) is 5.88 Å². The van der Waals surface area contributed by atoms with Crippen molar-refractivity contribution in [2.24, 2.45) is 16.3 Å². The van der Waals surface area contributed by atoms with Gasteiger partial charge in [-0.25, -0.2) is 23.3 Å². The third-order valence-electron chi connectivity index (χ3n) is 6.31. The predicted molar refractivity (Wildman–Crippen MR) is 108 cm³/mol. The van der Waals surface area contributed by atoms with Gasteiger partial charge in [-0.2, -0.15) is 0 Å². The number of amides is 4. The Morgan fingerprint density at radius 1 is 1.29 bits per heavy atom. The van der Waals surface area contributed by atoms with Gasteiger partial charge in [0.1, 0.15) is 17.7 Å². The SMILES string of the molecule is NC(=O)c1cccnc1O[C@H]1CC2(C1)C[C@H](N1C(=O)NC(CCCS(N)(=O)=O)C1=O)C2. The van der Waals surface area contributed by atoms with Crippen LogP contribution in [0.4, 0.5) is 4.79 Å². The van der Waals surface area contributed by atoms with E-state index in [2.05, 4.69) is 10.3 Å². The first-order valence-corrected chi connectivity index (χ1v) is 11.8. The van der Waals surface area contributed by atoms with Gasteiger partial charge in [-0.05, 0) is 56.1 Å². The van der Waals surface area contributed by atoms with Crippen LogP contribution in [0.15, 0.2) is 18.3 Å². The van der Waals surface area contributed by atoms with E-state index in [1.54, 1.807) is 12.1 Å². The average Bonchev–Trinajstić information content (AvgIpc) is 2.89. The number of primary sulfonamides is 1. The Bertz CT molecular complexity index is 1010. The second-order valence-electron chi connectivity index (χ2n) is 8.65. The first-order valence-electron chi connectivity index (χ1n) is 10.1. The maximum Gasteiger partial charge on any atom is 0.325 e. The minimum Gasteiger partial charge on any atom is -0.474 e. The number of pyridine rings is 1. The van der Waals surface area contributed by atoms with E-state index in [1.165, 1.54) is 11.1 Å². The summed E-state index contributed by atoms with van der Waals surface area (Å²) in [5.74, 6) is -0.917. The van der Waals surface area contributed by atoms with Crippen molar-refractivity contribution in [3.63, 3.8) is 0 Å². The highest BCUT2D eigenvalue weighted by molar-refractivity contribution is 7.89. The molecule has 2 heterocycles. The molecular weight excluding hydrogens is 426 g/mol. The topological polar surface area (TPSA) is 175 Å². The number of carbonyl (C=O) groups excluding carboxylic acids is 3. The van der Waals surface area contributed by atoms with Crippen LogP contribution in [0, 0.1) is 5.41 Å². The molecule has 31 heavy (non-hydrogen) atoms. The highest BCUT2D eigenvalue weighted by atomic mass is 32.2. The van der Waals surface area contributed by atoms with Gasteiger partial charge in [0.2, 0.25) is 15.9 Å². The quantitative estimate of drug-likeness (QED) is 0.461. The fraction of sp³-hybridized carbons (Fsp3) is 0.579. The van der Waals surface area contributed by atoms with Gasteiger partial charge in [-0.1, -0.05) is 0 Å². The molecule has 1 unspecified atom stereocenters. The molecule has 1 aliphatic heterocycles. The molecule has 4 rings (SSSR count). The Hall–Kier alpha value is -2.73. The summed E-state index contributed by atoms with van der Waals surface area (Å²) in [7, 11) is -3.60. The standard InChI is InChI=1S/C19H25N5O6S/c20-15(25)13-3-1-5-22-16(13)30-12-9-19(10-12)7-11(8-19)24-17(26)14(23-18(24)27)4-2-6-31(21,28)29/h1,3,5,11-12,14H,2,4,6-10H2,(H2,20,25)(H,23,27)(H2,21,28,29)/t11-,12-,14?,19?. The third-order valence-corrected chi connectivity index (χ3v) is 7.17. The van der Waals surface area contributed by atoms with Crippen molar-refractivity contribution in [3.05, 3.63) is 23.9 Å². The lowest BCUT2D eigenvalue weighted by atomic mass is 9.52. The van der Waals surface area contributed by atoms with E-state index in [1.807, 2.05) is 0 Å². The fourth-order valence-corrected chi connectivity index (χ4v) is 5.42. The number of nitrogens with two attached hydrogens (primary N) is 2. The summed E-state index contributed by atoms with van der Waals surface area (Å²) in [6.45, 7) is 0. The van der Waals surface area contributed by atoms with Crippen molar-refractivity contribution >= 4 is 27.9 Å². The number of sulfonamides is 1. The van der Waals surface area contributed by atoms with Crippen LogP contribution >= 0.6 is 0 Å². The summed E-state index contributed by atoms with van der Waals surface area (Å²) in [4.78, 5) is 41.7. The molecule has 4 amide bonds. The number of carbonyl (C=O) groups is 3. The zero-order valence-corrected chi connectivity index (χ0v) is 17.6. The van der Waals surface area contributed by atoms with E-state index in [0.717, 1.165) is 12.8 Å². The smallest absolute Gasteiger partial charge is 0.325 e. The highest BCUT2D eigenvalue weighted by Gasteiger charge is 2.58. The highest BCUT2D eigenvalue weighted by Crippen LogP contribution is 2.58. The minimum atomic E-state index is -3.60. The molecule has 0 bridgehead atoms. The number of nitrogens with one attached hydrogen (secondary N) is 1. The Morgan fingerprint density at radius 2 is 2.00 bits per heavy atom. The summed E-state index contributed by atoms with van der Waals surface area (Å²) in [6.07, 6.45) is 4.77. The van der Waals surface area contributed by atoms with Gasteiger partial charge in [-0.15, -0.1) is 0 Å². The molecule has 168 valence electrons. The predicted octanol–water partition coefficient (Wildman–Crippen LogP) is -0.140. The van der Waals surface area contributed by atoms with Crippen molar-refractivity contribution < 1.29 is 27.5 Å². The summed E-state index contributed by atoms with van der Waals surface area (Å²) in [5, 5.41) is 7.61. The number of urea groups is 1. The van der Waals surface area contributed by atoms with E-state index in [9.17, 15) is 22.8 Å². The Kier molecular flexibility index (Phi) is 5.38. The van der Waals surface area contributed by atoms with Crippen LogP contribution in [0.1, 0.15) is 48.9 Å². The van der Waals surface area contributed by atoms with Crippen molar-refractivity contribution in [2.75, 3.05) is 5.75 Å². The largest absolute Gasteiger partial charge is 0.474 e. The molecule has 1 spiro atoms. The van der Waals surface area contributed by atoms with Crippen LogP contribution in [0.25, 0.3) is 0 Å². The second-order valence-corrected chi connectivity index (χ2v) is 10.4. The van der Waals surface area contributed by atoms with Crippen molar-refractivity contribution in [2.45, 2.75) is 56.7 Å². The number of ether oxygens (including phenoxy) is 1. The molecule has 0 aromatic carbocycles. The van der Waals surface area contributed by atoms with E-state index >= 15 is 0 Å². The van der Waals surface area contributed by atoms with Gasteiger partial charge in [0.05, 0.1) is 5.75 Å². The second kappa shape index (κ2) is 7.75. The van der Waals surface area contributed by atoms with E-state index in [-0.39, 0.29) is 53.5 Å². The number of hydrogen-bond acceptors (Lipinski definition) is 7. The average molecular weight is 452 g/mol. The molecule has 2 aliphatic carbocycles. The maximum absolute atomic E-state index is 12.6. The van der Waals surface area contributed by atoms with E-state index in [0.29, 0.717) is 12.8 Å². The van der Waals surface area contributed by atoms with Crippen LogP contribution in [0.5, 0.6) is 5.88 Å². The van der Waals surface area contributed by atoms with Crippen LogP contribution in [-0.2, 0) is 14.8 Å². The van der Waals surface area contributed by atoms with Crippen LogP contribution in [-0.4, -0.2) is 60.1 Å². The number of imide groups is 1. The molecule has 1 saturated heterocycles. The molecule has 11 nitrogen and oxygen atoms in total. The lowest BCUT2D eigenvalue weighted by molar-refractivity contribution is -0.140. The van der Waals surface area contributed by atoms with Gasteiger partial charge >= 0.3 is 6.03 Å². The Balaban J connectivity index is 1.27. The molecule has 2 saturated carbocycles. The number of aromatic nitrogens is 1. The van der Waals surface area contributed by atoms with Crippen LogP contribution in [0.2, 0.25) is 0 Å². The fourth-order valence-electron chi connectivity index (χ4n) is 4.85. The Morgan fingerprint density at radius 3 is 2.65 bits per heavy atom. The van der Waals surface area contributed by atoms with Crippen LogP contribution < -0.4 is 20.9 Å². The molecule has 1 aromatic heterocycles. The molecule has 3 aliphatic rings. The van der Waals surface area contributed by atoms with Gasteiger partial charge in [0, 0.05) is 12.2 Å². The molecule has 3 fully saturated rings. The first-order chi connectivity index (χ1) is 14.6. The summed E-state index contributed by atoms with van der Waals surface area (Å²) >= 11 is 0. The maximum atomic E-state index is 12.6. The lowest BCUT2D eigenvalue weighted by Crippen LogP contribution is -2.60. The van der Waals surface area contributed by atoms with Gasteiger partial charge in [0.15, 0.2) is 0 Å². The van der Waals surface area contributed by atoms with Gasteiger partial charge < -0.3 is 15.8 Å². The molecule has 1 atom stereocenters. The molecule has 12 heteroatoms. The summed E-state index contributed by atoms with van der Waals surface area (Å²) < 4.78 is 27.9. The minimum absolute atomic E-state index is 0.0171. The van der Waals surface area contributed by atoms with E-state index in [4.69, 9.17) is 15.6 Å². The molecule has 0 radical (unpaired) electrons. The summed E-state index contributed by atoms with van der Waals surface area (Å²) in [5.41, 5.74) is 5.60. The number of hydrogen-bond donors (Lipinski definition) is 3. The molecular formula is C19H25N5O6S. The normalized spacial score (nSPS) is 30.0. The van der Waals surface area contributed by atoms with Gasteiger partial charge in [-0.3, -0.25) is 14.5 Å². The molecule has 5 N–H and O–H groups in total. The number of rotatable bonds is 8. The number of nitrogens with zero attached hydrogens (tertiary/aromatic N) is 2. The first kappa shape index (κ1) is 21.5. The zero-order valence-electron chi connectivity index (χ0n) is 16.8. The zero-order chi connectivity index (χ0) is 22.4. The summed E-state index contributed by atoms with van der Waals surface area (Å²) in [6, 6.07) is 1.87. The lowest BCUT2D eigenvalue weighted by Gasteiger charge is -2.58. The van der Waals surface area contributed by atoms with Crippen molar-refractivity contribution in [1.82, 2.24) is 15.2 Å². The third kappa shape index (κ3) is 4.35.